The van der Waals surface area contributed by atoms with Gasteiger partial charge in [0.15, 0.2) is 5.82 Å². The molecule has 0 spiro atoms. The minimum absolute atomic E-state index is 0.181. The number of benzene rings is 1. The van der Waals surface area contributed by atoms with Crippen molar-refractivity contribution >= 4 is 11.7 Å². The second-order valence-electron chi connectivity index (χ2n) is 6.30. The molecular weight excluding hydrogens is 294 g/mol. The van der Waals surface area contributed by atoms with E-state index in [1.165, 1.54) is 7.11 Å². The van der Waals surface area contributed by atoms with Gasteiger partial charge in [0.25, 0.3) is 0 Å². The first kappa shape index (κ1) is 16.9. The van der Waals surface area contributed by atoms with Crippen LogP contribution < -0.4 is 5.32 Å². The maximum Gasteiger partial charge on any atom is 0.305 e. The Morgan fingerprint density at radius 2 is 2.13 bits per heavy atom. The van der Waals surface area contributed by atoms with Crippen LogP contribution in [0.3, 0.4) is 0 Å². The maximum atomic E-state index is 11.2. The van der Waals surface area contributed by atoms with Crippen molar-refractivity contribution in [3.05, 3.63) is 35.7 Å². The van der Waals surface area contributed by atoms with Crippen LogP contribution in [0.2, 0.25) is 0 Å². The molecule has 0 amide bonds. The molecule has 1 N–H and O–H groups in total. The number of nitrogens with one attached hydrogen (secondary N) is 1. The third kappa shape index (κ3) is 5.05. The van der Waals surface area contributed by atoms with Gasteiger partial charge in [0.2, 0.25) is 0 Å². The van der Waals surface area contributed by atoms with Crippen molar-refractivity contribution in [1.29, 1.82) is 0 Å². The van der Waals surface area contributed by atoms with Gasteiger partial charge in [-0.05, 0) is 50.1 Å². The third-order valence-electron chi connectivity index (χ3n) is 3.28. The van der Waals surface area contributed by atoms with E-state index in [9.17, 15) is 4.79 Å². The summed E-state index contributed by atoms with van der Waals surface area (Å²) in [4.78, 5) is 12.8. The normalized spacial score (nSPS) is 11.3. The summed E-state index contributed by atoms with van der Waals surface area (Å²) in [5.41, 5.74) is 1.85. The fourth-order valence-corrected chi connectivity index (χ4v) is 1.96. The van der Waals surface area contributed by atoms with Crippen molar-refractivity contribution in [2.24, 2.45) is 0 Å². The van der Waals surface area contributed by atoms with Gasteiger partial charge < -0.3 is 10.1 Å². The molecule has 0 saturated heterocycles. The summed E-state index contributed by atoms with van der Waals surface area (Å²) < 4.78 is 4.66. The second kappa shape index (κ2) is 7.21. The smallest absolute Gasteiger partial charge is 0.305 e. The molecule has 2 aromatic rings. The van der Waals surface area contributed by atoms with Crippen LogP contribution >= 0.6 is 0 Å². The van der Waals surface area contributed by atoms with Crippen molar-refractivity contribution in [2.45, 2.75) is 45.7 Å². The molecule has 0 atom stereocenters. The molecule has 7 heteroatoms. The van der Waals surface area contributed by atoms with Crippen LogP contribution in [0.1, 0.15) is 38.6 Å². The molecule has 7 nitrogen and oxygen atoms in total. The molecule has 2 rings (SSSR count). The Hall–Kier alpha value is -2.44. The van der Waals surface area contributed by atoms with Gasteiger partial charge in [-0.3, -0.25) is 4.79 Å². The molecule has 0 unspecified atom stereocenters. The van der Waals surface area contributed by atoms with Gasteiger partial charge in [-0.25, -0.2) is 0 Å². The molecule has 1 aromatic carbocycles. The number of carbonyl (C=O) groups is 1. The van der Waals surface area contributed by atoms with E-state index in [0.29, 0.717) is 25.2 Å². The van der Waals surface area contributed by atoms with Crippen molar-refractivity contribution in [3.63, 3.8) is 0 Å². The van der Waals surface area contributed by atoms with Crippen molar-refractivity contribution in [3.8, 4) is 0 Å². The summed E-state index contributed by atoms with van der Waals surface area (Å²) in [5.74, 6) is 0.436. The molecule has 1 aromatic heterocycles. The monoisotopic (exact) mass is 317 g/mol. The number of ether oxygens (including phenoxy) is 1. The molecule has 0 aliphatic rings. The molecule has 0 saturated carbocycles. The Bertz CT molecular complexity index is 660. The number of aryl methyl sites for hydroxylation is 1. The van der Waals surface area contributed by atoms with E-state index in [-0.39, 0.29) is 11.5 Å². The second-order valence-corrected chi connectivity index (χ2v) is 6.30. The highest BCUT2D eigenvalue weighted by Crippen LogP contribution is 2.14. The number of aromatic nitrogens is 4. The van der Waals surface area contributed by atoms with E-state index < -0.39 is 0 Å². The Morgan fingerprint density at radius 3 is 2.78 bits per heavy atom. The summed E-state index contributed by atoms with van der Waals surface area (Å²) in [7, 11) is 1.40. The highest BCUT2D eigenvalue weighted by atomic mass is 16.5. The summed E-state index contributed by atoms with van der Waals surface area (Å²) >= 11 is 0. The van der Waals surface area contributed by atoms with Gasteiger partial charge in [0, 0.05) is 12.1 Å². The number of methoxy groups -OCH3 is 1. The van der Waals surface area contributed by atoms with Crippen molar-refractivity contribution in [2.75, 3.05) is 12.4 Å². The zero-order chi connectivity index (χ0) is 16.9. The van der Waals surface area contributed by atoms with Crippen LogP contribution in [-0.2, 0) is 28.0 Å². The molecule has 0 bridgehead atoms. The minimum Gasteiger partial charge on any atom is -0.469 e. The lowest BCUT2D eigenvalue weighted by atomic mass is 10.1. The minimum atomic E-state index is -0.202. The Balaban J connectivity index is 1.93. The summed E-state index contributed by atoms with van der Waals surface area (Å²) in [6.45, 7) is 6.57. The number of rotatable bonds is 6. The Kier molecular flexibility index (Phi) is 5.31. The van der Waals surface area contributed by atoms with Gasteiger partial charge in [0.1, 0.15) is 0 Å². The number of hydrogen-bond donors (Lipinski definition) is 1. The van der Waals surface area contributed by atoms with Crippen molar-refractivity contribution < 1.29 is 9.53 Å². The molecule has 124 valence electrons. The highest BCUT2D eigenvalue weighted by Gasteiger charge is 2.16. The standard InChI is InChI=1S/C16H23N5O2/c1-16(2,3)21-19-14(18-20-21)11-17-13-7-5-6-12(10-13)8-9-15(22)23-4/h5-7,10,17H,8-9,11H2,1-4H3. The average Bonchev–Trinajstić information content (AvgIpc) is 3.00. The first-order valence-corrected chi connectivity index (χ1v) is 7.57. The maximum absolute atomic E-state index is 11.2. The lowest BCUT2D eigenvalue weighted by molar-refractivity contribution is -0.140. The van der Waals surface area contributed by atoms with E-state index in [0.717, 1.165) is 11.3 Å². The number of carbonyl (C=O) groups excluding carboxylic acids is 1. The van der Waals surface area contributed by atoms with Crippen LogP contribution in [0.5, 0.6) is 0 Å². The predicted molar refractivity (Wildman–Crippen MR) is 86.9 cm³/mol. The lowest BCUT2D eigenvalue weighted by Crippen LogP contribution is -2.24. The van der Waals surface area contributed by atoms with Gasteiger partial charge in [-0.2, -0.15) is 4.80 Å². The fourth-order valence-electron chi connectivity index (χ4n) is 1.96. The average molecular weight is 317 g/mol. The van der Waals surface area contributed by atoms with Gasteiger partial charge in [-0.15, -0.1) is 10.2 Å². The SMILES string of the molecule is COC(=O)CCc1cccc(NCc2nnn(C(C)(C)C)n2)c1. The van der Waals surface area contributed by atoms with Crippen LogP contribution in [0.15, 0.2) is 24.3 Å². The van der Waals surface area contributed by atoms with Crippen LogP contribution in [0, 0.1) is 0 Å². The highest BCUT2D eigenvalue weighted by molar-refractivity contribution is 5.69. The quantitative estimate of drug-likeness (QED) is 0.822. The van der Waals surface area contributed by atoms with Gasteiger partial charge >= 0.3 is 5.97 Å². The molecule has 23 heavy (non-hydrogen) atoms. The number of esters is 1. The topological polar surface area (TPSA) is 81.9 Å². The van der Waals surface area contributed by atoms with E-state index in [2.05, 4.69) is 25.5 Å². The molecule has 0 aliphatic carbocycles. The van der Waals surface area contributed by atoms with E-state index >= 15 is 0 Å². The first-order chi connectivity index (χ1) is 10.9. The number of tetrazole rings is 1. The third-order valence-corrected chi connectivity index (χ3v) is 3.28. The van der Waals surface area contributed by atoms with Gasteiger partial charge in [0.05, 0.1) is 19.2 Å². The van der Waals surface area contributed by atoms with Gasteiger partial charge in [-0.1, -0.05) is 12.1 Å². The number of nitrogens with zero attached hydrogens (tertiary/aromatic N) is 4. The molecule has 0 aliphatic heterocycles. The predicted octanol–water partition coefficient (Wildman–Crippen LogP) is 2.15. The van der Waals surface area contributed by atoms with E-state index in [1.807, 2.05) is 45.0 Å². The van der Waals surface area contributed by atoms with Crippen LogP contribution in [0.4, 0.5) is 5.69 Å². The molecule has 0 radical (unpaired) electrons. The fraction of sp³-hybridized carbons (Fsp3) is 0.500. The van der Waals surface area contributed by atoms with Crippen molar-refractivity contribution in [1.82, 2.24) is 20.2 Å². The van der Waals surface area contributed by atoms with E-state index in [1.54, 1.807) is 4.80 Å². The molecule has 1 heterocycles. The lowest BCUT2D eigenvalue weighted by Gasteiger charge is -2.15. The zero-order valence-electron chi connectivity index (χ0n) is 14.0. The zero-order valence-corrected chi connectivity index (χ0v) is 14.0. The number of anilines is 1. The Labute approximate surface area is 136 Å². The Morgan fingerprint density at radius 1 is 1.35 bits per heavy atom. The van der Waals surface area contributed by atoms with E-state index in [4.69, 9.17) is 0 Å². The molecule has 0 fully saturated rings. The first-order valence-electron chi connectivity index (χ1n) is 7.57. The number of hydrogen-bond acceptors (Lipinski definition) is 6. The summed E-state index contributed by atoms with van der Waals surface area (Å²) in [5, 5.41) is 15.7. The van der Waals surface area contributed by atoms with Crippen LogP contribution in [-0.4, -0.2) is 33.3 Å². The van der Waals surface area contributed by atoms with Crippen LogP contribution in [0.25, 0.3) is 0 Å². The largest absolute Gasteiger partial charge is 0.469 e. The molecular formula is C16H23N5O2. The summed E-state index contributed by atoms with van der Waals surface area (Å²) in [6.07, 6.45) is 1.03. The summed E-state index contributed by atoms with van der Waals surface area (Å²) in [6, 6.07) is 7.92.